The van der Waals surface area contributed by atoms with Crippen LogP contribution in [0, 0.1) is 0 Å². The minimum absolute atomic E-state index is 0.0125. The van der Waals surface area contributed by atoms with E-state index in [0.717, 1.165) is 12.0 Å². The molecule has 1 aliphatic rings. The van der Waals surface area contributed by atoms with Gasteiger partial charge in [0.05, 0.1) is 12.2 Å². The number of para-hydroxylation sites is 1. The highest BCUT2D eigenvalue weighted by atomic mass is 35.5. The second-order valence-electron chi connectivity index (χ2n) is 4.56. The zero-order valence-electron chi connectivity index (χ0n) is 10.8. The molecule has 0 bridgehead atoms. The molecular weight excluding hydrogens is 276 g/mol. The van der Waals surface area contributed by atoms with E-state index in [0.29, 0.717) is 28.7 Å². The number of fused-ring (bicyclic) bond motifs is 1. The molecule has 0 N–H and O–H groups in total. The van der Waals surface area contributed by atoms with Crippen LogP contribution in [0.4, 0.5) is 0 Å². The zero-order chi connectivity index (χ0) is 13.9. The largest absolute Gasteiger partial charge is 0.492 e. The van der Waals surface area contributed by atoms with Crippen molar-refractivity contribution in [2.45, 2.75) is 6.42 Å². The van der Waals surface area contributed by atoms with Crippen LogP contribution in [0.25, 0.3) is 0 Å². The summed E-state index contributed by atoms with van der Waals surface area (Å²) in [7, 11) is 0. The number of halogens is 1. The van der Waals surface area contributed by atoms with Gasteiger partial charge in [-0.3, -0.25) is 4.79 Å². The summed E-state index contributed by atoms with van der Waals surface area (Å²) in [6.45, 7) is 0.624. The molecule has 0 atom stereocenters. The van der Waals surface area contributed by atoms with Gasteiger partial charge in [0.2, 0.25) is 5.78 Å². The van der Waals surface area contributed by atoms with E-state index in [1.54, 1.807) is 30.3 Å². The summed E-state index contributed by atoms with van der Waals surface area (Å²) >= 11 is 5.80. The van der Waals surface area contributed by atoms with Gasteiger partial charge in [-0.1, -0.05) is 23.7 Å². The minimum Gasteiger partial charge on any atom is -0.492 e. The third-order valence-corrected chi connectivity index (χ3v) is 3.45. The Morgan fingerprint density at radius 3 is 2.80 bits per heavy atom. The molecule has 0 fully saturated rings. The lowest BCUT2D eigenvalue weighted by molar-refractivity contribution is 0.0918. The number of carbonyl (C=O) groups excluding carboxylic acids is 1. The molecule has 0 saturated heterocycles. The van der Waals surface area contributed by atoms with Gasteiger partial charge in [0, 0.05) is 11.4 Å². The second kappa shape index (κ2) is 5.55. The second-order valence-corrected chi connectivity index (χ2v) is 4.99. The molecule has 3 rings (SSSR count). The molecule has 0 amide bonds. The minimum atomic E-state index is -0.0845. The van der Waals surface area contributed by atoms with Gasteiger partial charge in [0.1, 0.15) is 11.5 Å². The lowest BCUT2D eigenvalue weighted by atomic mass is 10.1. The molecule has 2 aromatic rings. The van der Waals surface area contributed by atoms with Gasteiger partial charge >= 0.3 is 0 Å². The first-order chi connectivity index (χ1) is 9.74. The molecule has 4 heteroatoms. The van der Waals surface area contributed by atoms with E-state index in [1.807, 2.05) is 12.1 Å². The molecule has 3 nitrogen and oxygen atoms in total. The van der Waals surface area contributed by atoms with Crippen molar-refractivity contribution in [3.63, 3.8) is 0 Å². The van der Waals surface area contributed by atoms with Gasteiger partial charge in [-0.25, -0.2) is 0 Å². The van der Waals surface area contributed by atoms with Gasteiger partial charge in [-0.15, -0.1) is 0 Å². The maximum atomic E-state index is 12.2. The Balaban J connectivity index is 1.71. The number of rotatable bonds is 4. The van der Waals surface area contributed by atoms with Crippen molar-refractivity contribution in [2.24, 2.45) is 0 Å². The van der Waals surface area contributed by atoms with Crippen molar-refractivity contribution >= 4 is 17.4 Å². The average Bonchev–Trinajstić information content (AvgIpc) is 2.94. The number of hydrogen-bond acceptors (Lipinski definition) is 3. The SMILES string of the molecule is O=C(COc1ccc(Cl)cc1)c1cccc2c1OCC2. The van der Waals surface area contributed by atoms with E-state index in [4.69, 9.17) is 21.1 Å². The Labute approximate surface area is 122 Å². The fourth-order valence-electron chi connectivity index (χ4n) is 2.19. The fourth-order valence-corrected chi connectivity index (χ4v) is 2.32. The Kier molecular flexibility index (Phi) is 3.61. The van der Waals surface area contributed by atoms with E-state index >= 15 is 0 Å². The fraction of sp³-hybridized carbons (Fsp3) is 0.188. The topological polar surface area (TPSA) is 35.5 Å². The normalized spacial score (nSPS) is 12.7. The van der Waals surface area contributed by atoms with E-state index in [2.05, 4.69) is 0 Å². The first kappa shape index (κ1) is 13.0. The average molecular weight is 289 g/mol. The van der Waals surface area contributed by atoms with Crippen LogP contribution in [0.1, 0.15) is 15.9 Å². The van der Waals surface area contributed by atoms with Crippen molar-refractivity contribution in [3.05, 3.63) is 58.6 Å². The number of hydrogen-bond donors (Lipinski definition) is 0. The summed E-state index contributed by atoms with van der Waals surface area (Å²) in [6, 6.07) is 12.6. The quantitative estimate of drug-likeness (QED) is 0.807. The van der Waals surface area contributed by atoms with Crippen LogP contribution in [0.5, 0.6) is 11.5 Å². The maximum absolute atomic E-state index is 12.2. The third-order valence-electron chi connectivity index (χ3n) is 3.20. The molecule has 0 saturated carbocycles. The Hall–Kier alpha value is -2.00. The third kappa shape index (κ3) is 2.63. The Morgan fingerprint density at radius 2 is 2.00 bits per heavy atom. The van der Waals surface area contributed by atoms with Crippen molar-refractivity contribution in [1.29, 1.82) is 0 Å². The standard InChI is InChI=1S/C16H13ClO3/c17-12-4-6-13(7-5-12)20-10-15(18)14-3-1-2-11-8-9-19-16(11)14/h1-7H,8-10H2. The molecule has 2 aromatic carbocycles. The zero-order valence-corrected chi connectivity index (χ0v) is 11.5. The molecule has 0 aliphatic carbocycles. The summed E-state index contributed by atoms with van der Waals surface area (Å²) in [6.07, 6.45) is 0.856. The van der Waals surface area contributed by atoms with Crippen LogP contribution >= 0.6 is 11.6 Å². The van der Waals surface area contributed by atoms with Gasteiger partial charge in [0.25, 0.3) is 0 Å². The summed E-state index contributed by atoms with van der Waals surface area (Å²) in [5.74, 6) is 1.24. The van der Waals surface area contributed by atoms with Crippen LogP contribution < -0.4 is 9.47 Å². The van der Waals surface area contributed by atoms with Gasteiger partial charge < -0.3 is 9.47 Å². The van der Waals surface area contributed by atoms with Gasteiger partial charge in [0.15, 0.2) is 6.61 Å². The highest BCUT2D eigenvalue weighted by Crippen LogP contribution is 2.29. The Bertz CT molecular complexity index is 635. The molecule has 0 spiro atoms. The lowest BCUT2D eigenvalue weighted by Crippen LogP contribution is -2.12. The number of carbonyl (C=O) groups is 1. The molecule has 0 aromatic heterocycles. The first-order valence-corrected chi connectivity index (χ1v) is 6.78. The molecule has 0 unspecified atom stereocenters. The maximum Gasteiger partial charge on any atom is 0.203 e. The highest BCUT2D eigenvalue weighted by molar-refractivity contribution is 6.30. The summed E-state index contributed by atoms with van der Waals surface area (Å²) in [5, 5.41) is 0.637. The van der Waals surface area contributed by atoms with Crippen molar-refractivity contribution in [3.8, 4) is 11.5 Å². The van der Waals surface area contributed by atoms with Crippen LogP contribution in [-0.4, -0.2) is 19.0 Å². The number of ketones is 1. The van der Waals surface area contributed by atoms with E-state index in [-0.39, 0.29) is 12.4 Å². The van der Waals surface area contributed by atoms with Crippen LogP contribution in [0.3, 0.4) is 0 Å². The van der Waals surface area contributed by atoms with E-state index in [1.165, 1.54) is 0 Å². The number of ether oxygens (including phenoxy) is 2. The molecular formula is C16H13ClO3. The van der Waals surface area contributed by atoms with E-state index < -0.39 is 0 Å². The number of benzene rings is 2. The predicted molar refractivity (Wildman–Crippen MR) is 76.9 cm³/mol. The van der Waals surface area contributed by atoms with Gasteiger partial charge in [-0.2, -0.15) is 0 Å². The highest BCUT2D eigenvalue weighted by Gasteiger charge is 2.20. The molecule has 20 heavy (non-hydrogen) atoms. The lowest BCUT2D eigenvalue weighted by Gasteiger charge is -2.08. The molecule has 1 heterocycles. The number of Topliss-reactive ketones (excluding diaryl/α,β-unsaturated/α-hetero) is 1. The molecule has 1 aliphatic heterocycles. The monoisotopic (exact) mass is 288 g/mol. The summed E-state index contributed by atoms with van der Waals surface area (Å²) in [5.41, 5.74) is 1.68. The molecule has 102 valence electrons. The Morgan fingerprint density at radius 1 is 1.20 bits per heavy atom. The predicted octanol–water partition coefficient (Wildman–Crippen LogP) is 3.54. The van der Waals surface area contributed by atoms with Crippen LogP contribution in [0.15, 0.2) is 42.5 Å². The van der Waals surface area contributed by atoms with E-state index in [9.17, 15) is 4.79 Å². The smallest absolute Gasteiger partial charge is 0.203 e. The summed E-state index contributed by atoms with van der Waals surface area (Å²) < 4.78 is 11.0. The van der Waals surface area contributed by atoms with Crippen LogP contribution in [0.2, 0.25) is 5.02 Å². The summed E-state index contributed by atoms with van der Waals surface area (Å²) in [4.78, 5) is 12.2. The molecule has 0 radical (unpaired) electrons. The van der Waals surface area contributed by atoms with Crippen molar-refractivity contribution < 1.29 is 14.3 Å². The van der Waals surface area contributed by atoms with Crippen LogP contribution in [-0.2, 0) is 6.42 Å². The van der Waals surface area contributed by atoms with Crippen molar-refractivity contribution in [2.75, 3.05) is 13.2 Å². The van der Waals surface area contributed by atoms with Crippen molar-refractivity contribution in [1.82, 2.24) is 0 Å². The first-order valence-electron chi connectivity index (χ1n) is 6.40. The van der Waals surface area contributed by atoms with Gasteiger partial charge in [-0.05, 0) is 35.9 Å².